The van der Waals surface area contributed by atoms with E-state index in [4.69, 9.17) is 17.2 Å². The number of aliphatic carboxylic acids is 1. The molecule has 0 aromatic heterocycles. The van der Waals surface area contributed by atoms with Gasteiger partial charge in [0.25, 0.3) is 0 Å². The van der Waals surface area contributed by atoms with E-state index in [-0.39, 0.29) is 24.7 Å². The van der Waals surface area contributed by atoms with Crippen molar-refractivity contribution in [1.29, 1.82) is 0 Å². The largest absolute Gasteiger partial charge is 0.480 e. The van der Waals surface area contributed by atoms with Gasteiger partial charge in [-0.15, -0.1) is 0 Å². The fourth-order valence-electron chi connectivity index (χ4n) is 3.05. The lowest BCUT2D eigenvalue weighted by Crippen LogP contribution is -2.56. The highest BCUT2D eigenvalue weighted by Gasteiger charge is 2.37. The quantitative estimate of drug-likeness (QED) is 0.0772. The van der Waals surface area contributed by atoms with Gasteiger partial charge in [-0.25, -0.2) is 4.79 Å². The average molecular weight is 446 g/mol. The highest BCUT2D eigenvalue weighted by molar-refractivity contribution is 7.80. The third-order valence-corrected chi connectivity index (χ3v) is 5.05. The minimum absolute atomic E-state index is 0.0949. The van der Waals surface area contributed by atoms with Crippen LogP contribution >= 0.6 is 12.6 Å². The number of guanidine groups is 1. The Morgan fingerprint density at radius 1 is 1.27 bits per heavy atom. The summed E-state index contributed by atoms with van der Waals surface area (Å²) < 4.78 is 0. The van der Waals surface area contributed by atoms with Crippen molar-refractivity contribution in [3.63, 3.8) is 0 Å². The number of hydrogen-bond donors (Lipinski definition) is 7. The highest BCUT2D eigenvalue weighted by Crippen LogP contribution is 2.19. The second-order valence-corrected chi connectivity index (χ2v) is 7.42. The summed E-state index contributed by atoms with van der Waals surface area (Å²) in [6.45, 7) is 2.07. The van der Waals surface area contributed by atoms with Crippen LogP contribution in [-0.2, 0) is 19.2 Å². The topological polar surface area (TPSA) is 206 Å². The summed E-state index contributed by atoms with van der Waals surface area (Å²) in [6.07, 6.45) is 1.47. The molecule has 30 heavy (non-hydrogen) atoms. The number of likely N-dealkylation sites (tertiary alicyclic amines) is 1. The summed E-state index contributed by atoms with van der Waals surface area (Å²) >= 11 is 3.94. The maximum Gasteiger partial charge on any atom is 0.326 e. The smallest absolute Gasteiger partial charge is 0.326 e. The first-order valence-corrected chi connectivity index (χ1v) is 10.3. The Morgan fingerprint density at radius 2 is 1.93 bits per heavy atom. The Morgan fingerprint density at radius 3 is 2.50 bits per heavy atom. The van der Waals surface area contributed by atoms with Crippen LogP contribution in [0.25, 0.3) is 0 Å². The lowest BCUT2D eigenvalue weighted by atomic mass is 10.1. The maximum atomic E-state index is 12.7. The Hall–Kier alpha value is -2.54. The van der Waals surface area contributed by atoms with Gasteiger partial charge in [0.1, 0.15) is 18.1 Å². The lowest BCUT2D eigenvalue weighted by molar-refractivity contribution is -0.144. The van der Waals surface area contributed by atoms with Gasteiger partial charge in [-0.3, -0.25) is 19.4 Å². The number of carboxylic acids is 1. The molecule has 0 spiro atoms. The second kappa shape index (κ2) is 12.2. The SMILES string of the molecule is CC(NC(=O)C(N)CS)C(=O)N1CCCC1C(=O)NC(CCCN=C(N)N)C(=O)O. The lowest BCUT2D eigenvalue weighted by Gasteiger charge is -2.28. The van der Waals surface area contributed by atoms with Gasteiger partial charge in [0.15, 0.2) is 5.96 Å². The van der Waals surface area contributed by atoms with Crippen LogP contribution in [0.5, 0.6) is 0 Å². The molecule has 1 aliphatic heterocycles. The molecule has 9 N–H and O–H groups in total. The zero-order valence-corrected chi connectivity index (χ0v) is 17.8. The van der Waals surface area contributed by atoms with Crippen LogP contribution in [0, 0.1) is 0 Å². The second-order valence-electron chi connectivity index (χ2n) is 7.06. The summed E-state index contributed by atoms with van der Waals surface area (Å²) in [5.74, 6) is -2.67. The fourth-order valence-corrected chi connectivity index (χ4v) is 3.21. The van der Waals surface area contributed by atoms with Crippen LogP contribution in [-0.4, -0.2) is 82.7 Å². The van der Waals surface area contributed by atoms with Gasteiger partial charge in [-0.1, -0.05) is 0 Å². The monoisotopic (exact) mass is 445 g/mol. The van der Waals surface area contributed by atoms with Crippen molar-refractivity contribution in [2.75, 3.05) is 18.8 Å². The summed E-state index contributed by atoms with van der Waals surface area (Å²) in [5, 5.41) is 14.3. The molecule has 1 saturated heterocycles. The van der Waals surface area contributed by atoms with E-state index in [1.54, 1.807) is 0 Å². The minimum atomic E-state index is -1.19. The van der Waals surface area contributed by atoms with Gasteiger partial charge < -0.3 is 37.8 Å². The molecule has 170 valence electrons. The van der Waals surface area contributed by atoms with Crippen molar-refractivity contribution in [3.8, 4) is 0 Å². The average Bonchev–Trinajstić information content (AvgIpc) is 3.18. The van der Waals surface area contributed by atoms with Gasteiger partial charge in [0.05, 0.1) is 6.04 Å². The van der Waals surface area contributed by atoms with Crippen molar-refractivity contribution in [1.82, 2.24) is 15.5 Å². The number of carbonyl (C=O) groups is 4. The van der Waals surface area contributed by atoms with Gasteiger partial charge in [-0.2, -0.15) is 12.6 Å². The normalized spacial score (nSPS) is 18.8. The zero-order valence-electron chi connectivity index (χ0n) is 16.9. The molecule has 0 radical (unpaired) electrons. The van der Waals surface area contributed by atoms with E-state index >= 15 is 0 Å². The predicted octanol–water partition coefficient (Wildman–Crippen LogP) is -2.64. The third kappa shape index (κ3) is 7.71. The van der Waals surface area contributed by atoms with E-state index in [2.05, 4.69) is 28.3 Å². The first kappa shape index (κ1) is 25.5. The Labute approximate surface area is 180 Å². The van der Waals surface area contributed by atoms with Crippen molar-refractivity contribution >= 4 is 42.3 Å². The molecule has 1 fully saturated rings. The molecular formula is C17H31N7O5S. The molecule has 4 unspecified atom stereocenters. The highest BCUT2D eigenvalue weighted by atomic mass is 32.1. The summed E-state index contributed by atoms with van der Waals surface area (Å²) in [6, 6.07) is -3.67. The molecule has 13 heteroatoms. The van der Waals surface area contributed by atoms with Crippen LogP contribution in [0.15, 0.2) is 4.99 Å². The molecule has 0 bridgehead atoms. The van der Waals surface area contributed by atoms with Gasteiger partial charge >= 0.3 is 5.97 Å². The third-order valence-electron chi connectivity index (χ3n) is 4.66. The number of thiol groups is 1. The van der Waals surface area contributed by atoms with Crippen molar-refractivity contribution in [2.45, 2.75) is 56.8 Å². The zero-order chi connectivity index (χ0) is 22.8. The van der Waals surface area contributed by atoms with Crippen molar-refractivity contribution in [2.24, 2.45) is 22.2 Å². The number of rotatable bonds is 11. The van der Waals surface area contributed by atoms with E-state index < -0.39 is 47.9 Å². The van der Waals surface area contributed by atoms with Gasteiger partial charge in [-0.05, 0) is 32.6 Å². The van der Waals surface area contributed by atoms with Gasteiger partial charge in [0.2, 0.25) is 17.7 Å². The molecular weight excluding hydrogens is 414 g/mol. The first-order valence-electron chi connectivity index (χ1n) is 9.64. The van der Waals surface area contributed by atoms with Crippen LogP contribution < -0.4 is 27.8 Å². The Bertz CT molecular complexity index is 671. The summed E-state index contributed by atoms with van der Waals surface area (Å²) in [4.78, 5) is 53.9. The van der Waals surface area contributed by atoms with Crippen molar-refractivity contribution in [3.05, 3.63) is 0 Å². The fraction of sp³-hybridized carbons (Fsp3) is 0.706. The van der Waals surface area contributed by atoms with E-state index in [1.807, 2.05) is 0 Å². The molecule has 12 nitrogen and oxygen atoms in total. The number of carboxylic acid groups (broad SMARTS) is 1. The van der Waals surface area contributed by atoms with E-state index in [1.165, 1.54) is 11.8 Å². The molecule has 0 aromatic rings. The molecule has 1 heterocycles. The Kier molecular flexibility index (Phi) is 10.4. The van der Waals surface area contributed by atoms with Crippen molar-refractivity contribution < 1.29 is 24.3 Å². The number of amides is 3. The molecule has 4 atom stereocenters. The minimum Gasteiger partial charge on any atom is -0.480 e. The number of nitrogens with one attached hydrogen (secondary N) is 2. The Balaban J connectivity index is 2.70. The van der Waals surface area contributed by atoms with Crippen LogP contribution in [0.1, 0.15) is 32.6 Å². The summed E-state index contributed by atoms with van der Waals surface area (Å²) in [5.41, 5.74) is 16.0. The molecule has 0 aromatic carbocycles. The first-order chi connectivity index (χ1) is 14.1. The van der Waals surface area contributed by atoms with E-state index in [0.717, 1.165) is 0 Å². The van der Waals surface area contributed by atoms with Gasteiger partial charge in [0, 0.05) is 18.8 Å². The number of aliphatic imine (C=N–C) groups is 1. The molecule has 1 rings (SSSR count). The van der Waals surface area contributed by atoms with Crippen LogP contribution in [0.3, 0.4) is 0 Å². The predicted molar refractivity (Wildman–Crippen MR) is 114 cm³/mol. The molecule has 0 saturated carbocycles. The maximum absolute atomic E-state index is 12.7. The number of nitrogens with zero attached hydrogens (tertiary/aromatic N) is 2. The molecule has 1 aliphatic rings. The standard InChI is InChI=1S/C17H31N7O5S/c1-9(22-13(25)10(18)8-30)15(27)24-7-3-5-12(24)14(26)23-11(16(28)29)4-2-6-21-17(19)20/h9-12,30H,2-8,18H2,1H3,(H,22,25)(H,23,26)(H,28,29)(H4,19,20,21). The van der Waals surface area contributed by atoms with Crippen LogP contribution in [0.2, 0.25) is 0 Å². The number of nitrogens with two attached hydrogens (primary N) is 3. The summed E-state index contributed by atoms with van der Waals surface area (Å²) in [7, 11) is 0. The molecule has 3 amide bonds. The number of hydrogen-bond acceptors (Lipinski definition) is 7. The van der Waals surface area contributed by atoms with Crippen LogP contribution in [0.4, 0.5) is 0 Å². The molecule has 0 aliphatic carbocycles. The van der Waals surface area contributed by atoms with E-state index in [0.29, 0.717) is 25.8 Å². The number of carbonyl (C=O) groups excluding carboxylic acids is 3. The van der Waals surface area contributed by atoms with E-state index in [9.17, 15) is 24.3 Å².